The highest BCUT2D eigenvalue weighted by atomic mass is 32.2. The number of Topliss-reactive ketones (excluding diaryl/α,β-unsaturated/α-hetero) is 2. The Hall–Kier alpha value is -1.09. The summed E-state index contributed by atoms with van der Waals surface area (Å²) in [6, 6.07) is 7.55. The van der Waals surface area contributed by atoms with Gasteiger partial charge in [-0.2, -0.15) is 0 Å². The second kappa shape index (κ2) is 7.37. The largest absolute Gasteiger partial charge is 0.299 e. The number of unbranched alkanes of at least 4 members (excludes halogenated alkanes) is 1. The molecule has 0 aliphatic heterocycles. The van der Waals surface area contributed by atoms with Crippen LogP contribution in [0.3, 0.4) is 0 Å². The van der Waals surface area contributed by atoms with Crippen LogP contribution in [0.15, 0.2) is 29.2 Å². The van der Waals surface area contributed by atoms with Gasteiger partial charge in [-0.25, -0.2) is 0 Å². The van der Waals surface area contributed by atoms with Crippen molar-refractivity contribution in [2.45, 2.75) is 50.2 Å². The molecule has 0 amide bonds. The number of ketones is 2. The van der Waals surface area contributed by atoms with Crippen molar-refractivity contribution in [2.24, 2.45) is 0 Å². The van der Waals surface area contributed by atoms with Crippen LogP contribution in [0.25, 0.3) is 0 Å². The van der Waals surface area contributed by atoms with Gasteiger partial charge in [0.25, 0.3) is 0 Å². The first kappa shape index (κ1) is 15.0. The third-order valence-electron chi connectivity index (χ3n) is 2.82. The molecule has 0 radical (unpaired) electrons. The molecule has 1 unspecified atom stereocenters. The van der Waals surface area contributed by atoms with E-state index in [4.69, 9.17) is 0 Å². The predicted octanol–water partition coefficient (Wildman–Crippen LogP) is 4.13. The Balaban J connectivity index is 2.62. The van der Waals surface area contributed by atoms with E-state index in [1.807, 2.05) is 31.2 Å². The molecule has 0 N–H and O–H groups in total. The minimum absolute atomic E-state index is 0.0355. The second-order valence-corrected chi connectivity index (χ2v) is 5.84. The highest BCUT2D eigenvalue weighted by Crippen LogP contribution is 2.24. The van der Waals surface area contributed by atoms with Crippen molar-refractivity contribution in [3.05, 3.63) is 29.8 Å². The molecule has 1 aromatic carbocycles. The second-order valence-electron chi connectivity index (χ2n) is 4.42. The summed E-state index contributed by atoms with van der Waals surface area (Å²) in [4.78, 5) is 24.0. The van der Waals surface area contributed by atoms with E-state index in [2.05, 4.69) is 6.92 Å². The molecule has 18 heavy (non-hydrogen) atoms. The van der Waals surface area contributed by atoms with Crippen LogP contribution in [0.4, 0.5) is 0 Å². The van der Waals surface area contributed by atoms with Gasteiger partial charge in [-0.05, 0) is 32.4 Å². The summed E-state index contributed by atoms with van der Waals surface area (Å²) in [6.45, 7) is 5.57. The first-order valence-electron chi connectivity index (χ1n) is 6.35. The lowest BCUT2D eigenvalue weighted by atomic mass is 10.1. The van der Waals surface area contributed by atoms with E-state index in [-0.39, 0.29) is 16.8 Å². The van der Waals surface area contributed by atoms with Crippen molar-refractivity contribution in [3.63, 3.8) is 0 Å². The van der Waals surface area contributed by atoms with Crippen molar-refractivity contribution < 1.29 is 9.59 Å². The quantitative estimate of drug-likeness (QED) is 0.548. The Bertz CT molecular complexity index is 409. The van der Waals surface area contributed by atoms with Gasteiger partial charge in [-0.1, -0.05) is 25.5 Å². The molecular weight excluding hydrogens is 244 g/mol. The molecule has 0 spiro atoms. The lowest BCUT2D eigenvalue weighted by Crippen LogP contribution is -2.07. The Kier molecular flexibility index (Phi) is 6.13. The van der Waals surface area contributed by atoms with Gasteiger partial charge in [0, 0.05) is 16.9 Å². The van der Waals surface area contributed by atoms with Crippen molar-refractivity contribution in [3.8, 4) is 0 Å². The summed E-state index contributed by atoms with van der Waals surface area (Å²) in [6.07, 6.45) is 2.60. The minimum Gasteiger partial charge on any atom is -0.299 e. The molecule has 0 aliphatic carbocycles. The Morgan fingerprint density at radius 3 is 2.33 bits per heavy atom. The Morgan fingerprint density at radius 2 is 1.83 bits per heavy atom. The van der Waals surface area contributed by atoms with Crippen molar-refractivity contribution in [2.75, 3.05) is 0 Å². The monoisotopic (exact) mass is 264 g/mol. The predicted molar refractivity (Wildman–Crippen MR) is 76.3 cm³/mol. The van der Waals surface area contributed by atoms with E-state index < -0.39 is 0 Å². The van der Waals surface area contributed by atoms with Gasteiger partial charge in [-0.3, -0.25) is 9.59 Å². The van der Waals surface area contributed by atoms with Gasteiger partial charge in [-0.15, -0.1) is 11.8 Å². The fourth-order valence-corrected chi connectivity index (χ4v) is 2.36. The number of hydrogen-bond acceptors (Lipinski definition) is 3. The highest BCUT2D eigenvalue weighted by molar-refractivity contribution is 8.00. The molecule has 0 aromatic heterocycles. The zero-order valence-corrected chi connectivity index (χ0v) is 12.0. The summed E-state index contributed by atoms with van der Waals surface area (Å²) in [5.74, 6) is 0.371. The number of carbonyl (C=O) groups excluding carboxylic acids is 2. The molecule has 0 saturated carbocycles. The first-order valence-corrected chi connectivity index (χ1v) is 7.23. The van der Waals surface area contributed by atoms with Crippen molar-refractivity contribution in [1.29, 1.82) is 0 Å². The minimum atomic E-state index is -0.0355. The fourth-order valence-electron chi connectivity index (χ4n) is 1.49. The standard InChI is InChI=1S/C15H20O2S/c1-4-5-6-15(17)13-7-9-14(10-8-13)18-12(3)11(2)16/h7-10,12H,4-6H2,1-3H3. The number of hydrogen-bond donors (Lipinski definition) is 0. The van der Waals surface area contributed by atoms with Crippen LogP contribution in [-0.4, -0.2) is 16.8 Å². The van der Waals surface area contributed by atoms with Crippen LogP contribution >= 0.6 is 11.8 Å². The molecule has 98 valence electrons. The highest BCUT2D eigenvalue weighted by Gasteiger charge is 2.10. The van der Waals surface area contributed by atoms with Gasteiger partial charge in [0.1, 0.15) is 5.78 Å². The Labute approximate surface area is 113 Å². The molecule has 0 heterocycles. The Morgan fingerprint density at radius 1 is 1.22 bits per heavy atom. The number of rotatable bonds is 7. The zero-order chi connectivity index (χ0) is 13.5. The van der Waals surface area contributed by atoms with E-state index in [1.54, 1.807) is 6.92 Å². The molecule has 1 aromatic rings. The van der Waals surface area contributed by atoms with Crippen molar-refractivity contribution in [1.82, 2.24) is 0 Å². The summed E-state index contributed by atoms with van der Waals surface area (Å²) in [5.41, 5.74) is 0.767. The van der Waals surface area contributed by atoms with Crippen LogP contribution in [0.1, 0.15) is 50.4 Å². The number of benzene rings is 1. The third kappa shape index (κ3) is 4.65. The van der Waals surface area contributed by atoms with Gasteiger partial charge in [0.2, 0.25) is 0 Å². The summed E-state index contributed by atoms with van der Waals surface area (Å²) >= 11 is 1.53. The molecule has 0 saturated heterocycles. The van der Waals surface area contributed by atoms with Crippen molar-refractivity contribution >= 4 is 23.3 Å². The summed E-state index contributed by atoms with van der Waals surface area (Å²) < 4.78 is 0. The zero-order valence-electron chi connectivity index (χ0n) is 11.2. The van der Waals surface area contributed by atoms with E-state index in [0.29, 0.717) is 6.42 Å². The maximum atomic E-state index is 11.8. The maximum Gasteiger partial charge on any atom is 0.162 e. The number of thioether (sulfide) groups is 1. The first-order chi connectivity index (χ1) is 8.54. The summed E-state index contributed by atoms with van der Waals surface area (Å²) in [5, 5.41) is -0.0355. The van der Waals surface area contributed by atoms with Gasteiger partial charge < -0.3 is 0 Å². The fraction of sp³-hybridized carbons (Fsp3) is 0.467. The molecule has 3 heteroatoms. The van der Waals surface area contributed by atoms with Gasteiger partial charge >= 0.3 is 0 Å². The van der Waals surface area contributed by atoms with Crippen LogP contribution in [-0.2, 0) is 4.79 Å². The lowest BCUT2D eigenvalue weighted by molar-refractivity contribution is -0.116. The lowest BCUT2D eigenvalue weighted by Gasteiger charge is -2.07. The van der Waals surface area contributed by atoms with E-state index in [9.17, 15) is 9.59 Å². The normalized spacial score (nSPS) is 12.2. The third-order valence-corrected chi connectivity index (χ3v) is 4.05. The average Bonchev–Trinajstić information content (AvgIpc) is 2.36. The van der Waals surface area contributed by atoms with E-state index in [1.165, 1.54) is 11.8 Å². The van der Waals surface area contributed by atoms with Crippen LogP contribution in [0, 0.1) is 0 Å². The molecule has 0 aliphatic rings. The van der Waals surface area contributed by atoms with E-state index >= 15 is 0 Å². The topological polar surface area (TPSA) is 34.1 Å². The maximum absolute atomic E-state index is 11.8. The average molecular weight is 264 g/mol. The molecular formula is C15H20O2S. The molecule has 2 nitrogen and oxygen atoms in total. The number of carbonyl (C=O) groups is 2. The van der Waals surface area contributed by atoms with E-state index in [0.717, 1.165) is 23.3 Å². The molecule has 0 fully saturated rings. The van der Waals surface area contributed by atoms with Gasteiger partial charge in [0.15, 0.2) is 5.78 Å². The summed E-state index contributed by atoms with van der Waals surface area (Å²) in [7, 11) is 0. The van der Waals surface area contributed by atoms with Gasteiger partial charge in [0.05, 0.1) is 5.25 Å². The molecule has 1 atom stereocenters. The van der Waals surface area contributed by atoms with Crippen LogP contribution in [0.5, 0.6) is 0 Å². The van der Waals surface area contributed by atoms with Crippen LogP contribution in [0.2, 0.25) is 0 Å². The molecule has 0 bridgehead atoms. The SMILES string of the molecule is CCCCC(=O)c1ccc(SC(C)C(C)=O)cc1. The van der Waals surface area contributed by atoms with Crippen LogP contribution < -0.4 is 0 Å². The smallest absolute Gasteiger partial charge is 0.162 e. The molecule has 1 rings (SSSR count).